The molecular formula is C19H30N2. The molecule has 1 aromatic carbocycles. The lowest BCUT2D eigenvalue weighted by molar-refractivity contribution is 0.107. The maximum Gasteiger partial charge on any atom is 0.0449 e. The summed E-state index contributed by atoms with van der Waals surface area (Å²) in [5, 5.41) is 3.75. The highest BCUT2D eigenvalue weighted by molar-refractivity contribution is 5.19. The second-order valence-electron chi connectivity index (χ2n) is 7.19. The van der Waals surface area contributed by atoms with Crippen molar-refractivity contribution in [2.24, 2.45) is 11.8 Å². The largest absolute Gasteiger partial charge is 0.309 e. The summed E-state index contributed by atoms with van der Waals surface area (Å²) in [5.41, 5.74) is 1.45. The molecule has 4 unspecified atom stereocenters. The first-order valence-corrected chi connectivity index (χ1v) is 8.76. The zero-order valence-electron chi connectivity index (χ0n) is 13.6. The molecule has 0 spiro atoms. The van der Waals surface area contributed by atoms with Gasteiger partial charge in [-0.05, 0) is 56.2 Å². The molecule has 21 heavy (non-hydrogen) atoms. The van der Waals surface area contributed by atoms with Crippen LogP contribution >= 0.6 is 0 Å². The number of benzene rings is 1. The van der Waals surface area contributed by atoms with E-state index in [0.29, 0.717) is 6.04 Å². The first kappa shape index (κ1) is 15.1. The molecule has 2 fully saturated rings. The molecule has 3 rings (SSSR count). The van der Waals surface area contributed by atoms with E-state index < -0.39 is 0 Å². The first-order chi connectivity index (χ1) is 10.2. The van der Waals surface area contributed by atoms with Gasteiger partial charge in [0, 0.05) is 18.6 Å². The van der Waals surface area contributed by atoms with Gasteiger partial charge in [-0.3, -0.25) is 4.90 Å². The van der Waals surface area contributed by atoms with Crippen molar-refractivity contribution >= 4 is 0 Å². The van der Waals surface area contributed by atoms with Crippen LogP contribution in [0.15, 0.2) is 30.3 Å². The second kappa shape index (κ2) is 6.93. The Balaban J connectivity index is 1.68. The van der Waals surface area contributed by atoms with E-state index in [9.17, 15) is 0 Å². The standard InChI is InChI=1S/C19H30N2/c1-15-9-10-18(13-16(15)2)21-12-6-11-20-19(14-21)17-7-4-3-5-8-17/h3-5,7-8,15-16,18-20H,6,9-14H2,1-2H3. The van der Waals surface area contributed by atoms with Gasteiger partial charge in [0.15, 0.2) is 0 Å². The Labute approximate surface area is 129 Å². The molecule has 116 valence electrons. The number of nitrogens with zero attached hydrogens (tertiary/aromatic N) is 1. The summed E-state index contributed by atoms with van der Waals surface area (Å²) < 4.78 is 0. The molecule has 1 saturated carbocycles. The van der Waals surface area contributed by atoms with E-state index in [1.165, 1.54) is 44.3 Å². The van der Waals surface area contributed by atoms with Gasteiger partial charge in [0.25, 0.3) is 0 Å². The van der Waals surface area contributed by atoms with Crippen LogP contribution in [-0.4, -0.2) is 30.6 Å². The average Bonchev–Trinajstić information content (AvgIpc) is 2.77. The fraction of sp³-hybridized carbons (Fsp3) is 0.684. The minimum absolute atomic E-state index is 0.503. The highest BCUT2D eigenvalue weighted by Crippen LogP contribution is 2.33. The number of hydrogen-bond donors (Lipinski definition) is 1. The molecule has 2 aliphatic rings. The van der Waals surface area contributed by atoms with Gasteiger partial charge >= 0.3 is 0 Å². The van der Waals surface area contributed by atoms with Gasteiger partial charge < -0.3 is 5.32 Å². The summed E-state index contributed by atoms with van der Waals surface area (Å²) in [6.07, 6.45) is 5.48. The maximum absolute atomic E-state index is 3.75. The summed E-state index contributed by atoms with van der Waals surface area (Å²) >= 11 is 0. The van der Waals surface area contributed by atoms with E-state index in [4.69, 9.17) is 0 Å². The van der Waals surface area contributed by atoms with Gasteiger partial charge in [0.05, 0.1) is 0 Å². The van der Waals surface area contributed by atoms with Crippen LogP contribution in [0.25, 0.3) is 0 Å². The van der Waals surface area contributed by atoms with Crippen molar-refractivity contribution in [1.82, 2.24) is 10.2 Å². The Hall–Kier alpha value is -0.860. The second-order valence-corrected chi connectivity index (χ2v) is 7.19. The third-order valence-electron chi connectivity index (χ3n) is 5.72. The zero-order valence-corrected chi connectivity index (χ0v) is 13.6. The summed E-state index contributed by atoms with van der Waals surface area (Å²) in [4.78, 5) is 2.78. The lowest BCUT2D eigenvalue weighted by Crippen LogP contribution is -2.42. The van der Waals surface area contributed by atoms with Gasteiger partial charge in [-0.1, -0.05) is 44.2 Å². The van der Waals surface area contributed by atoms with E-state index in [1.54, 1.807) is 0 Å². The molecule has 1 aliphatic carbocycles. The summed E-state index contributed by atoms with van der Waals surface area (Å²) in [6, 6.07) is 12.3. The van der Waals surface area contributed by atoms with E-state index in [-0.39, 0.29) is 0 Å². The van der Waals surface area contributed by atoms with E-state index >= 15 is 0 Å². The Morgan fingerprint density at radius 1 is 1.05 bits per heavy atom. The SMILES string of the molecule is CC1CCC(N2CCCNC(c3ccccc3)C2)CC1C. The van der Waals surface area contributed by atoms with Crippen molar-refractivity contribution in [3.05, 3.63) is 35.9 Å². The van der Waals surface area contributed by atoms with Gasteiger partial charge in [-0.2, -0.15) is 0 Å². The lowest BCUT2D eigenvalue weighted by Gasteiger charge is -2.39. The van der Waals surface area contributed by atoms with Gasteiger partial charge in [0.1, 0.15) is 0 Å². The Kier molecular flexibility index (Phi) is 4.97. The average molecular weight is 286 g/mol. The van der Waals surface area contributed by atoms with Crippen LogP contribution in [0.4, 0.5) is 0 Å². The third-order valence-corrected chi connectivity index (χ3v) is 5.72. The van der Waals surface area contributed by atoms with Crippen LogP contribution in [0.5, 0.6) is 0 Å². The van der Waals surface area contributed by atoms with Crippen molar-refractivity contribution in [1.29, 1.82) is 0 Å². The monoisotopic (exact) mass is 286 g/mol. The highest BCUT2D eigenvalue weighted by Gasteiger charge is 2.30. The van der Waals surface area contributed by atoms with Crippen LogP contribution in [0.3, 0.4) is 0 Å². The fourth-order valence-corrected chi connectivity index (χ4v) is 4.04. The Morgan fingerprint density at radius 3 is 2.62 bits per heavy atom. The van der Waals surface area contributed by atoms with Crippen molar-refractivity contribution in [2.45, 2.75) is 51.6 Å². The molecule has 2 heteroatoms. The molecule has 2 nitrogen and oxygen atoms in total. The molecule has 1 aliphatic heterocycles. The van der Waals surface area contributed by atoms with Crippen LogP contribution in [0.2, 0.25) is 0 Å². The summed E-state index contributed by atoms with van der Waals surface area (Å²) in [6.45, 7) is 8.46. The van der Waals surface area contributed by atoms with Crippen LogP contribution < -0.4 is 5.32 Å². The highest BCUT2D eigenvalue weighted by atomic mass is 15.2. The van der Waals surface area contributed by atoms with Crippen molar-refractivity contribution in [3.8, 4) is 0 Å². The molecule has 1 heterocycles. The fourth-order valence-electron chi connectivity index (χ4n) is 4.04. The molecule has 0 aromatic heterocycles. The molecule has 0 bridgehead atoms. The molecule has 0 radical (unpaired) electrons. The van der Waals surface area contributed by atoms with Crippen molar-refractivity contribution in [2.75, 3.05) is 19.6 Å². The number of nitrogens with one attached hydrogen (secondary N) is 1. The molecule has 1 saturated heterocycles. The van der Waals surface area contributed by atoms with Gasteiger partial charge in [-0.25, -0.2) is 0 Å². The van der Waals surface area contributed by atoms with Crippen molar-refractivity contribution in [3.63, 3.8) is 0 Å². The molecule has 1 N–H and O–H groups in total. The van der Waals surface area contributed by atoms with Crippen LogP contribution in [-0.2, 0) is 0 Å². The Morgan fingerprint density at radius 2 is 1.86 bits per heavy atom. The summed E-state index contributed by atoms with van der Waals surface area (Å²) in [5.74, 6) is 1.80. The van der Waals surface area contributed by atoms with E-state index in [1.807, 2.05) is 0 Å². The third kappa shape index (κ3) is 3.67. The smallest absolute Gasteiger partial charge is 0.0449 e. The quantitative estimate of drug-likeness (QED) is 0.888. The molecule has 1 aromatic rings. The van der Waals surface area contributed by atoms with E-state index in [2.05, 4.69) is 54.4 Å². The minimum atomic E-state index is 0.503. The van der Waals surface area contributed by atoms with Crippen LogP contribution in [0.1, 0.15) is 51.1 Å². The van der Waals surface area contributed by atoms with Crippen LogP contribution in [0, 0.1) is 11.8 Å². The predicted molar refractivity (Wildman–Crippen MR) is 89.3 cm³/mol. The van der Waals surface area contributed by atoms with E-state index in [0.717, 1.165) is 24.4 Å². The molecule has 0 amide bonds. The predicted octanol–water partition coefficient (Wildman–Crippen LogP) is 3.85. The number of hydrogen-bond acceptors (Lipinski definition) is 2. The van der Waals surface area contributed by atoms with Crippen molar-refractivity contribution < 1.29 is 0 Å². The van der Waals surface area contributed by atoms with Gasteiger partial charge in [0.2, 0.25) is 0 Å². The molecular weight excluding hydrogens is 256 g/mol. The maximum atomic E-state index is 3.75. The Bertz CT molecular complexity index is 430. The first-order valence-electron chi connectivity index (χ1n) is 8.76. The zero-order chi connectivity index (χ0) is 14.7. The normalized spacial score (nSPS) is 35.3. The summed E-state index contributed by atoms with van der Waals surface area (Å²) in [7, 11) is 0. The minimum Gasteiger partial charge on any atom is -0.309 e. The number of rotatable bonds is 2. The lowest BCUT2D eigenvalue weighted by atomic mass is 9.78. The topological polar surface area (TPSA) is 15.3 Å². The molecule has 4 atom stereocenters. The van der Waals surface area contributed by atoms with Gasteiger partial charge in [-0.15, -0.1) is 0 Å².